The molecule has 0 bridgehead atoms. The number of fused-ring (bicyclic) bond motifs is 5. The number of aliphatic hydroxyl groups is 1. The summed E-state index contributed by atoms with van der Waals surface area (Å²) < 4.78 is 4.96. The fraction of sp³-hybridized carbons (Fsp3) is 0.708. The lowest BCUT2D eigenvalue weighted by Gasteiger charge is -2.58. The lowest BCUT2D eigenvalue weighted by atomic mass is 9.47. The van der Waals surface area contributed by atoms with Crippen LogP contribution in [0, 0.1) is 34.5 Å². The van der Waals surface area contributed by atoms with Crippen LogP contribution in [0.5, 0.6) is 0 Å². The average Bonchev–Trinajstić information content (AvgIpc) is 2.88. The van der Waals surface area contributed by atoms with E-state index in [1.165, 1.54) is 12.5 Å². The van der Waals surface area contributed by atoms with Gasteiger partial charge in [0.05, 0.1) is 0 Å². The number of Topliss-reactive ketones (excluding diaryl/α,β-unsaturated/α-hetero) is 1. The van der Waals surface area contributed by atoms with Gasteiger partial charge in [0.1, 0.15) is 5.60 Å². The number of ketones is 2. The van der Waals surface area contributed by atoms with Gasteiger partial charge in [-0.3, -0.25) is 14.4 Å². The predicted octanol–water partition coefficient (Wildman–Crippen LogP) is 3.40. The zero-order valence-corrected chi connectivity index (χ0v) is 17.9. The molecule has 5 nitrogen and oxygen atoms in total. The molecular weight excluding hydrogens is 368 g/mol. The summed E-state index contributed by atoms with van der Waals surface area (Å²) >= 11 is 0. The number of esters is 1. The van der Waals surface area contributed by atoms with Crippen molar-refractivity contribution in [2.45, 2.75) is 65.4 Å². The van der Waals surface area contributed by atoms with Crippen LogP contribution in [0.4, 0.5) is 0 Å². The third kappa shape index (κ3) is 2.73. The molecule has 4 unspecified atom stereocenters. The van der Waals surface area contributed by atoms with Gasteiger partial charge in [-0.1, -0.05) is 32.4 Å². The van der Waals surface area contributed by atoms with E-state index in [-0.39, 0.29) is 35.4 Å². The molecule has 0 aliphatic heterocycles. The monoisotopic (exact) mass is 400 g/mol. The van der Waals surface area contributed by atoms with Crippen LogP contribution in [0.15, 0.2) is 23.8 Å². The lowest BCUT2D eigenvalue weighted by Crippen LogP contribution is -2.59. The molecule has 0 aromatic rings. The van der Waals surface area contributed by atoms with E-state index < -0.39 is 17.0 Å². The molecule has 0 aromatic carbocycles. The van der Waals surface area contributed by atoms with E-state index in [1.807, 2.05) is 13.0 Å². The normalized spacial score (nSPS) is 45.7. The van der Waals surface area contributed by atoms with E-state index in [1.54, 1.807) is 6.08 Å². The Morgan fingerprint density at radius 1 is 1.24 bits per heavy atom. The molecule has 4 aliphatic carbocycles. The van der Waals surface area contributed by atoms with E-state index in [0.717, 1.165) is 32.1 Å². The maximum atomic E-state index is 13.0. The Morgan fingerprint density at radius 2 is 1.97 bits per heavy atom. The van der Waals surface area contributed by atoms with Crippen LogP contribution in [0.3, 0.4) is 0 Å². The maximum absolute atomic E-state index is 13.0. The Balaban J connectivity index is 1.65. The molecule has 0 heterocycles. The molecule has 3 saturated carbocycles. The van der Waals surface area contributed by atoms with E-state index in [9.17, 15) is 19.5 Å². The van der Waals surface area contributed by atoms with E-state index in [4.69, 9.17) is 4.74 Å². The average molecular weight is 401 g/mol. The standard InChI is InChI=1S/C24H32O5/c1-14-11-20-18-6-5-16-12-17(26)7-9-22(16,3)19(18)8-10-23(20,4)24(14,28)21(27)13-29-15(2)25/h7,9,12,14,18-20,28H,5-6,8,10-11,13H2,1-4H3/t14?,18?,19?,20?,22-,23-,24-/m0/s1. The summed E-state index contributed by atoms with van der Waals surface area (Å²) in [5.74, 6) is 0.108. The summed E-state index contributed by atoms with van der Waals surface area (Å²) in [4.78, 5) is 36.1. The first-order valence-corrected chi connectivity index (χ1v) is 10.9. The van der Waals surface area contributed by atoms with Crippen molar-refractivity contribution in [2.24, 2.45) is 34.5 Å². The van der Waals surface area contributed by atoms with E-state index >= 15 is 0 Å². The summed E-state index contributed by atoms with van der Waals surface area (Å²) in [6.45, 7) is 7.19. The molecule has 4 rings (SSSR count). The minimum atomic E-state index is -1.46. The first-order chi connectivity index (χ1) is 13.5. The van der Waals surface area contributed by atoms with Crippen molar-refractivity contribution < 1.29 is 24.2 Å². The number of carbonyl (C=O) groups is 3. The number of ether oxygens (including phenoxy) is 1. The van der Waals surface area contributed by atoms with Crippen LogP contribution in [0.1, 0.15) is 59.8 Å². The van der Waals surface area contributed by atoms with E-state index in [0.29, 0.717) is 11.8 Å². The van der Waals surface area contributed by atoms with Gasteiger partial charge in [0.15, 0.2) is 12.4 Å². The Bertz CT molecular complexity index is 825. The maximum Gasteiger partial charge on any atom is 0.303 e. The summed E-state index contributed by atoms with van der Waals surface area (Å²) in [6.07, 6.45) is 9.99. The van der Waals surface area contributed by atoms with Gasteiger partial charge < -0.3 is 9.84 Å². The van der Waals surface area contributed by atoms with Crippen LogP contribution >= 0.6 is 0 Å². The predicted molar refractivity (Wildman–Crippen MR) is 108 cm³/mol. The second-order valence-corrected chi connectivity index (χ2v) is 10.2. The number of hydrogen-bond donors (Lipinski definition) is 1. The Hall–Kier alpha value is -1.75. The van der Waals surface area contributed by atoms with Crippen LogP contribution in [0.2, 0.25) is 0 Å². The second-order valence-electron chi connectivity index (χ2n) is 10.2. The van der Waals surface area contributed by atoms with Gasteiger partial charge in [-0.25, -0.2) is 0 Å². The Labute approximate surface area is 172 Å². The molecule has 0 saturated heterocycles. The van der Waals surface area contributed by atoms with Crippen LogP contribution in [-0.4, -0.2) is 34.9 Å². The van der Waals surface area contributed by atoms with Crippen LogP contribution in [-0.2, 0) is 19.1 Å². The number of allylic oxidation sites excluding steroid dienone is 4. The van der Waals surface area contributed by atoms with Gasteiger partial charge >= 0.3 is 5.97 Å². The SMILES string of the molecule is CC(=O)OCC(=O)[C@@]1(O)C(C)CC2C3CCC4=CC(=O)C=C[C@]4(C)C3CC[C@@]21C. The van der Waals surface area contributed by atoms with Gasteiger partial charge in [-0.05, 0) is 67.9 Å². The Morgan fingerprint density at radius 3 is 2.66 bits per heavy atom. The molecule has 3 fully saturated rings. The summed E-state index contributed by atoms with van der Waals surface area (Å²) in [5, 5.41) is 11.7. The van der Waals surface area contributed by atoms with Crippen molar-refractivity contribution >= 4 is 17.5 Å². The molecule has 0 radical (unpaired) electrons. The number of carbonyl (C=O) groups excluding carboxylic acids is 3. The summed E-state index contributed by atoms with van der Waals surface area (Å²) in [5.41, 5.74) is -0.851. The highest BCUT2D eigenvalue weighted by Crippen LogP contribution is 2.68. The molecule has 7 atom stereocenters. The Kier molecular flexibility index (Phi) is 4.69. The van der Waals surface area contributed by atoms with Gasteiger partial charge in [0.25, 0.3) is 0 Å². The second kappa shape index (κ2) is 6.63. The molecule has 5 heteroatoms. The molecule has 158 valence electrons. The zero-order valence-electron chi connectivity index (χ0n) is 17.9. The van der Waals surface area contributed by atoms with Crippen LogP contribution in [0.25, 0.3) is 0 Å². The zero-order chi connectivity index (χ0) is 21.2. The molecular formula is C24H32O5. The largest absolute Gasteiger partial charge is 0.458 e. The van der Waals surface area contributed by atoms with Crippen molar-refractivity contribution in [3.05, 3.63) is 23.8 Å². The molecule has 29 heavy (non-hydrogen) atoms. The van der Waals surface area contributed by atoms with Crippen molar-refractivity contribution in [2.75, 3.05) is 6.61 Å². The molecule has 0 aromatic heterocycles. The van der Waals surface area contributed by atoms with Gasteiger partial charge in [0.2, 0.25) is 5.78 Å². The minimum Gasteiger partial charge on any atom is -0.458 e. The molecule has 0 amide bonds. The third-order valence-electron chi connectivity index (χ3n) is 8.97. The lowest BCUT2D eigenvalue weighted by molar-refractivity contribution is -0.173. The highest BCUT2D eigenvalue weighted by molar-refractivity contribution is 6.01. The smallest absolute Gasteiger partial charge is 0.303 e. The van der Waals surface area contributed by atoms with E-state index in [2.05, 4.69) is 19.9 Å². The van der Waals surface area contributed by atoms with Gasteiger partial charge in [-0.15, -0.1) is 0 Å². The fourth-order valence-corrected chi connectivity index (χ4v) is 7.41. The number of rotatable bonds is 3. The van der Waals surface area contributed by atoms with Crippen LogP contribution < -0.4 is 0 Å². The molecule has 4 aliphatic rings. The molecule has 1 N–H and O–H groups in total. The first-order valence-electron chi connectivity index (χ1n) is 10.9. The highest BCUT2D eigenvalue weighted by atomic mass is 16.5. The summed E-state index contributed by atoms with van der Waals surface area (Å²) in [6, 6.07) is 0. The molecule has 0 spiro atoms. The van der Waals surface area contributed by atoms with Gasteiger partial charge in [0, 0.05) is 17.8 Å². The summed E-state index contributed by atoms with van der Waals surface area (Å²) in [7, 11) is 0. The van der Waals surface area contributed by atoms with Crippen molar-refractivity contribution in [1.82, 2.24) is 0 Å². The third-order valence-corrected chi connectivity index (χ3v) is 8.97. The van der Waals surface area contributed by atoms with Crippen molar-refractivity contribution in [3.63, 3.8) is 0 Å². The van der Waals surface area contributed by atoms with Gasteiger partial charge in [-0.2, -0.15) is 0 Å². The number of hydrogen-bond acceptors (Lipinski definition) is 5. The quantitative estimate of drug-likeness (QED) is 0.735. The highest BCUT2D eigenvalue weighted by Gasteiger charge is 2.68. The topological polar surface area (TPSA) is 80.7 Å². The van der Waals surface area contributed by atoms with Crippen molar-refractivity contribution in [3.8, 4) is 0 Å². The van der Waals surface area contributed by atoms with Crippen molar-refractivity contribution in [1.29, 1.82) is 0 Å². The fourth-order valence-electron chi connectivity index (χ4n) is 7.41. The minimum absolute atomic E-state index is 0.0801. The first kappa shape index (κ1) is 20.5.